The van der Waals surface area contributed by atoms with Gasteiger partial charge in [-0.05, 0) is 13.0 Å². The highest BCUT2D eigenvalue weighted by Crippen LogP contribution is 2.33. The lowest BCUT2D eigenvalue weighted by molar-refractivity contribution is -0.398. The van der Waals surface area contributed by atoms with Crippen molar-refractivity contribution < 1.29 is 14.8 Å². The monoisotopic (exact) mass is 318 g/mol. The normalized spacial score (nSPS) is 10.7. The summed E-state index contributed by atoms with van der Waals surface area (Å²) in [6, 6.07) is 3.70. The van der Waals surface area contributed by atoms with Crippen molar-refractivity contribution in [2.45, 2.75) is 6.92 Å². The van der Waals surface area contributed by atoms with Gasteiger partial charge >= 0.3 is 0 Å². The molecule has 0 aliphatic carbocycles. The van der Waals surface area contributed by atoms with E-state index in [-0.39, 0.29) is 22.8 Å². The number of rotatable bonds is 5. The lowest BCUT2D eigenvalue weighted by Crippen LogP contribution is -2.10. The largest absolute Gasteiger partial charge is 0.865 e. The second kappa shape index (κ2) is 6.56. The van der Waals surface area contributed by atoms with Crippen LogP contribution in [0.2, 0.25) is 0 Å². The smallest absolute Gasteiger partial charge is 0.266 e. The number of methoxy groups -OCH3 is 1. The van der Waals surface area contributed by atoms with E-state index >= 15 is 0 Å². The predicted octanol–water partition coefficient (Wildman–Crippen LogP) is 0.515. The first-order chi connectivity index (χ1) is 10.9. The molecule has 0 unspecified atom stereocenters. The van der Waals surface area contributed by atoms with Crippen LogP contribution >= 0.6 is 0 Å². The molecule has 0 aliphatic heterocycles. The first-order valence-electron chi connectivity index (χ1n) is 6.31. The average molecular weight is 318 g/mol. The molecule has 23 heavy (non-hydrogen) atoms. The van der Waals surface area contributed by atoms with Crippen molar-refractivity contribution >= 4 is 17.9 Å². The quantitative estimate of drug-likeness (QED) is 0.464. The Labute approximate surface area is 129 Å². The van der Waals surface area contributed by atoms with E-state index in [1.807, 2.05) is 0 Å². The molecule has 120 valence electrons. The van der Waals surface area contributed by atoms with Crippen LogP contribution in [0.15, 0.2) is 28.1 Å². The number of hydrogen-bond donors (Lipinski definition) is 2. The number of ether oxygens (including phenoxy) is 1. The standard InChI is InChI=1S/C13H13N5O5/c1-7-3-11(19)16-13(15-7)17-14-6-8-4-9(18(21)22)12(20)10(5-8)23-2/h3-6,20H,1-2H3,(H2,15,16,17,19)/p-1/b14-6+. The molecule has 2 N–H and O–H groups in total. The fourth-order valence-electron chi connectivity index (χ4n) is 1.77. The number of nitrogens with one attached hydrogen (secondary N) is 2. The van der Waals surface area contributed by atoms with Gasteiger partial charge in [0.2, 0.25) is 5.95 Å². The predicted molar refractivity (Wildman–Crippen MR) is 79.9 cm³/mol. The molecule has 0 fully saturated rings. The Kier molecular flexibility index (Phi) is 4.55. The lowest BCUT2D eigenvalue weighted by atomic mass is 10.2. The molecule has 10 nitrogen and oxygen atoms in total. The molecule has 2 aromatic rings. The number of hydrazone groups is 1. The fourth-order valence-corrected chi connectivity index (χ4v) is 1.77. The van der Waals surface area contributed by atoms with Crippen LogP contribution in [0.25, 0.3) is 0 Å². The highest BCUT2D eigenvalue weighted by molar-refractivity contribution is 5.83. The molecule has 1 aromatic carbocycles. The molecule has 0 aliphatic rings. The van der Waals surface area contributed by atoms with Gasteiger partial charge < -0.3 is 9.84 Å². The van der Waals surface area contributed by atoms with Crippen molar-refractivity contribution in [2.75, 3.05) is 12.5 Å². The van der Waals surface area contributed by atoms with Gasteiger partial charge in [0.1, 0.15) is 5.75 Å². The van der Waals surface area contributed by atoms with Gasteiger partial charge in [0.15, 0.2) is 0 Å². The molecule has 0 saturated heterocycles. The topological polar surface area (TPSA) is 146 Å². The van der Waals surface area contributed by atoms with E-state index < -0.39 is 16.4 Å². The van der Waals surface area contributed by atoms with Crippen LogP contribution < -0.4 is 20.8 Å². The highest BCUT2D eigenvalue weighted by atomic mass is 16.6. The minimum absolute atomic E-state index is 0.119. The molecule has 0 amide bonds. The average Bonchev–Trinajstić information content (AvgIpc) is 2.47. The number of anilines is 1. The van der Waals surface area contributed by atoms with Crippen LogP contribution in [0.3, 0.4) is 0 Å². The molecule has 10 heteroatoms. The van der Waals surface area contributed by atoms with E-state index in [9.17, 15) is 20.0 Å². The maximum absolute atomic E-state index is 11.7. The van der Waals surface area contributed by atoms with Crippen LogP contribution in [0.5, 0.6) is 11.5 Å². The number of nitro benzene ring substituents is 1. The molecule has 2 rings (SSSR count). The van der Waals surface area contributed by atoms with E-state index in [2.05, 4.69) is 20.5 Å². The molecule has 0 radical (unpaired) electrons. The molecular formula is C13H12N5O5-. The van der Waals surface area contributed by atoms with Crippen molar-refractivity contribution in [3.05, 3.63) is 49.9 Å². The van der Waals surface area contributed by atoms with Gasteiger partial charge in [-0.25, -0.2) is 10.4 Å². The first-order valence-corrected chi connectivity index (χ1v) is 6.31. The molecular weight excluding hydrogens is 306 g/mol. The zero-order valence-corrected chi connectivity index (χ0v) is 12.2. The summed E-state index contributed by atoms with van der Waals surface area (Å²) < 4.78 is 4.81. The zero-order chi connectivity index (χ0) is 17.0. The third-order valence-electron chi connectivity index (χ3n) is 2.73. The summed E-state index contributed by atoms with van der Waals surface area (Å²) in [6.07, 6.45) is 1.23. The van der Waals surface area contributed by atoms with Crippen LogP contribution in [0, 0.1) is 17.0 Å². The number of benzene rings is 1. The maximum atomic E-state index is 11.7. The van der Waals surface area contributed by atoms with Crippen molar-refractivity contribution in [3.63, 3.8) is 0 Å². The molecule has 1 aromatic heterocycles. The lowest BCUT2D eigenvalue weighted by Gasteiger charge is -2.12. The summed E-state index contributed by atoms with van der Waals surface area (Å²) in [7, 11) is 1.24. The van der Waals surface area contributed by atoms with E-state index in [0.717, 1.165) is 6.07 Å². The van der Waals surface area contributed by atoms with Crippen LogP contribution in [-0.2, 0) is 0 Å². The molecule has 0 spiro atoms. The second-order valence-electron chi connectivity index (χ2n) is 4.43. The number of nitrogens with zero attached hydrogens (tertiary/aromatic N) is 3. The summed E-state index contributed by atoms with van der Waals surface area (Å²) >= 11 is 0. The van der Waals surface area contributed by atoms with Crippen molar-refractivity contribution in [1.29, 1.82) is 0 Å². The Bertz CT molecular complexity index is 830. The molecule has 0 saturated carbocycles. The Morgan fingerprint density at radius 3 is 2.78 bits per heavy atom. The third kappa shape index (κ3) is 3.81. The summed E-state index contributed by atoms with van der Waals surface area (Å²) in [4.78, 5) is 27.7. The Morgan fingerprint density at radius 1 is 1.43 bits per heavy atom. The number of nitro groups is 1. The summed E-state index contributed by atoms with van der Waals surface area (Å²) in [5, 5.41) is 26.4. The number of H-pyrrole nitrogens is 1. The molecule has 0 bridgehead atoms. The molecule has 1 heterocycles. The number of hydrogen-bond acceptors (Lipinski definition) is 8. The molecule has 0 atom stereocenters. The van der Waals surface area contributed by atoms with Gasteiger partial charge in [0.25, 0.3) is 11.2 Å². The van der Waals surface area contributed by atoms with Crippen LogP contribution in [0.1, 0.15) is 11.3 Å². The SMILES string of the molecule is COc1cc(/C=N/Nc2nc(C)cc(=O)[nH]2)cc([N+](=O)[O-])c1[O-]. The van der Waals surface area contributed by atoms with Gasteiger partial charge in [0, 0.05) is 29.1 Å². The van der Waals surface area contributed by atoms with Crippen LogP contribution in [-0.4, -0.2) is 28.2 Å². The number of aromatic amines is 1. The minimum Gasteiger partial charge on any atom is -0.865 e. The van der Waals surface area contributed by atoms with Gasteiger partial charge in [-0.2, -0.15) is 5.10 Å². The Morgan fingerprint density at radius 2 is 2.17 bits per heavy atom. The van der Waals surface area contributed by atoms with Gasteiger partial charge in [0.05, 0.1) is 18.2 Å². The van der Waals surface area contributed by atoms with Crippen molar-refractivity contribution in [1.82, 2.24) is 9.97 Å². The first kappa shape index (κ1) is 15.9. The number of aromatic nitrogens is 2. The van der Waals surface area contributed by atoms with Crippen LogP contribution in [0.4, 0.5) is 11.6 Å². The van der Waals surface area contributed by atoms with Crippen molar-refractivity contribution in [2.24, 2.45) is 5.10 Å². The van der Waals surface area contributed by atoms with Gasteiger partial charge in [-0.3, -0.25) is 19.9 Å². The van der Waals surface area contributed by atoms with E-state index in [4.69, 9.17) is 4.74 Å². The highest BCUT2D eigenvalue weighted by Gasteiger charge is 2.12. The Hall–Kier alpha value is -3.43. The Balaban J connectivity index is 2.27. The maximum Gasteiger partial charge on any atom is 0.266 e. The fraction of sp³-hybridized carbons (Fsp3) is 0.154. The zero-order valence-electron chi connectivity index (χ0n) is 12.2. The van der Waals surface area contributed by atoms with E-state index in [0.29, 0.717) is 5.69 Å². The van der Waals surface area contributed by atoms with Gasteiger partial charge in [-0.15, -0.1) is 0 Å². The second-order valence-corrected chi connectivity index (χ2v) is 4.43. The number of aryl methyl sites for hydroxylation is 1. The summed E-state index contributed by atoms with van der Waals surface area (Å²) in [5.74, 6) is -0.858. The summed E-state index contributed by atoms with van der Waals surface area (Å²) in [6.45, 7) is 1.64. The summed E-state index contributed by atoms with van der Waals surface area (Å²) in [5.41, 5.74) is 2.30. The third-order valence-corrected chi connectivity index (χ3v) is 2.73. The minimum atomic E-state index is -0.813. The van der Waals surface area contributed by atoms with E-state index in [1.165, 1.54) is 25.5 Å². The van der Waals surface area contributed by atoms with E-state index in [1.54, 1.807) is 6.92 Å². The van der Waals surface area contributed by atoms with Crippen molar-refractivity contribution in [3.8, 4) is 11.5 Å². The van der Waals surface area contributed by atoms with Gasteiger partial charge in [-0.1, -0.05) is 0 Å².